The second kappa shape index (κ2) is 50.3. The highest BCUT2D eigenvalue weighted by Crippen LogP contribution is 2.19. The van der Waals surface area contributed by atoms with Crippen molar-refractivity contribution in [2.45, 2.75) is 330 Å². The Morgan fingerprint density at radius 3 is 0.800 bits per heavy atom. The minimum atomic E-state index is -0.764. The first-order chi connectivity index (χ1) is 31.6. The van der Waals surface area contributed by atoms with Gasteiger partial charge in [-0.25, -0.2) is 0 Å². The van der Waals surface area contributed by atoms with Gasteiger partial charge in [-0.05, 0) is 37.0 Å². The van der Waals surface area contributed by atoms with Crippen LogP contribution in [0.1, 0.15) is 324 Å². The minimum absolute atomic E-state index is 0.0640. The first-order valence-corrected chi connectivity index (χ1v) is 29.1. The van der Waals surface area contributed by atoms with E-state index in [1.165, 1.54) is 205 Å². The van der Waals surface area contributed by atoms with Gasteiger partial charge in [0.15, 0.2) is 6.10 Å². The largest absolute Gasteiger partial charge is 0.462 e. The Hall–Kier alpha value is -1.59. The zero-order valence-electron chi connectivity index (χ0n) is 44.8. The third-order valence-corrected chi connectivity index (χ3v) is 13.8. The number of ether oxygens (including phenoxy) is 3. The third-order valence-electron chi connectivity index (χ3n) is 13.8. The molecule has 0 saturated carbocycles. The molecule has 0 aromatic heterocycles. The molecule has 0 aliphatic heterocycles. The molecule has 0 aliphatic rings. The smallest absolute Gasteiger partial charge is 0.306 e. The van der Waals surface area contributed by atoms with E-state index in [4.69, 9.17) is 14.2 Å². The van der Waals surface area contributed by atoms with Gasteiger partial charge in [0, 0.05) is 19.3 Å². The lowest BCUT2D eigenvalue weighted by Gasteiger charge is -2.18. The molecule has 0 aromatic carbocycles. The highest BCUT2D eigenvalue weighted by molar-refractivity contribution is 5.71. The molecule has 6 nitrogen and oxygen atoms in total. The molecular formula is C59H114O6. The fourth-order valence-electron chi connectivity index (χ4n) is 8.97. The Kier molecular flexibility index (Phi) is 49.1. The second-order valence-corrected chi connectivity index (χ2v) is 21.5. The van der Waals surface area contributed by atoms with E-state index in [0.29, 0.717) is 19.3 Å². The van der Waals surface area contributed by atoms with Crippen LogP contribution >= 0.6 is 0 Å². The van der Waals surface area contributed by atoms with Crippen LogP contribution in [0.25, 0.3) is 0 Å². The molecule has 6 heteroatoms. The lowest BCUT2D eigenvalue weighted by molar-refractivity contribution is -0.167. The zero-order valence-corrected chi connectivity index (χ0v) is 44.8. The summed E-state index contributed by atoms with van der Waals surface area (Å²) in [5.41, 5.74) is 0. The fraction of sp³-hybridized carbons (Fsp3) is 0.949. The molecular weight excluding hydrogens is 805 g/mol. The Bertz CT molecular complexity index is 1010. The minimum Gasteiger partial charge on any atom is -0.462 e. The predicted octanol–water partition coefficient (Wildman–Crippen LogP) is 19.1. The number of rotatable bonds is 52. The third kappa shape index (κ3) is 51.6. The van der Waals surface area contributed by atoms with Gasteiger partial charge < -0.3 is 14.2 Å². The lowest BCUT2D eigenvalue weighted by Crippen LogP contribution is -2.30. The van der Waals surface area contributed by atoms with Crippen LogP contribution in [-0.2, 0) is 28.6 Å². The Morgan fingerprint density at radius 1 is 0.308 bits per heavy atom. The number of hydrogen-bond donors (Lipinski definition) is 0. The van der Waals surface area contributed by atoms with Gasteiger partial charge >= 0.3 is 17.9 Å². The molecule has 0 N–H and O–H groups in total. The molecule has 0 aliphatic carbocycles. The maximum absolute atomic E-state index is 12.8. The van der Waals surface area contributed by atoms with Crippen LogP contribution in [0.3, 0.4) is 0 Å². The molecule has 0 saturated heterocycles. The number of esters is 3. The lowest BCUT2D eigenvalue weighted by atomic mass is 9.99. The van der Waals surface area contributed by atoms with Gasteiger partial charge in [-0.1, -0.05) is 286 Å². The standard InChI is InChI=1S/C59H114O6/c1-7-55(6)47-41-35-29-23-19-15-12-13-16-20-24-30-36-42-48-57(60)63-51-56(52-64-58(61)49-43-37-32-26-28-34-40-46-54(4)5)65-59(62)50-44-38-31-25-21-17-11-9-8-10-14-18-22-27-33-39-45-53(2)3/h53-56H,7-52H2,1-6H3/t55?,56-/m0/s1. The number of carbonyl (C=O) groups excluding carboxylic acids is 3. The van der Waals surface area contributed by atoms with Gasteiger partial charge in [-0.15, -0.1) is 0 Å². The molecule has 0 rings (SSSR count). The van der Waals surface area contributed by atoms with Crippen molar-refractivity contribution in [1.82, 2.24) is 0 Å². The van der Waals surface area contributed by atoms with Crippen LogP contribution in [0.15, 0.2) is 0 Å². The summed E-state index contributed by atoms with van der Waals surface area (Å²) < 4.78 is 16.9. The summed E-state index contributed by atoms with van der Waals surface area (Å²) in [6, 6.07) is 0. The van der Waals surface area contributed by atoms with Crippen molar-refractivity contribution in [3.8, 4) is 0 Å². The first kappa shape index (κ1) is 63.4. The molecule has 0 fully saturated rings. The maximum atomic E-state index is 12.8. The molecule has 2 atom stereocenters. The van der Waals surface area contributed by atoms with Gasteiger partial charge in [-0.3, -0.25) is 14.4 Å². The van der Waals surface area contributed by atoms with Crippen LogP contribution in [0.2, 0.25) is 0 Å². The van der Waals surface area contributed by atoms with E-state index >= 15 is 0 Å². The van der Waals surface area contributed by atoms with E-state index in [1.807, 2.05) is 0 Å². The molecule has 0 spiro atoms. The van der Waals surface area contributed by atoms with E-state index in [2.05, 4.69) is 41.5 Å². The SMILES string of the molecule is CCC(C)CCCCCCCCCCCCCCCCC(=O)OC[C@@H](COC(=O)CCCCCCCCCC(C)C)OC(=O)CCCCCCCCCCCCCCCCCCC(C)C. The van der Waals surface area contributed by atoms with E-state index in [-0.39, 0.29) is 31.1 Å². The second-order valence-electron chi connectivity index (χ2n) is 21.5. The van der Waals surface area contributed by atoms with E-state index in [9.17, 15) is 14.4 Å². The summed E-state index contributed by atoms with van der Waals surface area (Å²) in [7, 11) is 0. The monoisotopic (exact) mass is 919 g/mol. The quantitative estimate of drug-likeness (QED) is 0.0344. The van der Waals surface area contributed by atoms with Crippen LogP contribution in [0.5, 0.6) is 0 Å². The highest BCUT2D eigenvalue weighted by Gasteiger charge is 2.19. The van der Waals surface area contributed by atoms with E-state index in [0.717, 1.165) is 75.5 Å². The molecule has 0 radical (unpaired) electrons. The maximum Gasteiger partial charge on any atom is 0.306 e. The fourth-order valence-corrected chi connectivity index (χ4v) is 8.97. The van der Waals surface area contributed by atoms with Crippen LogP contribution in [0.4, 0.5) is 0 Å². The van der Waals surface area contributed by atoms with Crippen molar-refractivity contribution >= 4 is 17.9 Å². The van der Waals surface area contributed by atoms with Gasteiger partial charge in [0.1, 0.15) is 13.2 Å². The number of carbonyl (C=O) groups is 3. The van der Waals surface area contributed by atoms with E-state index < -0.39 is 6.10 Å². The van der Waals surface area contributed by atoms with Crippen LogP contribution in [0, 0.1) is 17.8 Å². The first-order valence-electron chi connectivity index (χ1n) is 29.1. The summed E-state index contributed by atoms with van der Waals surface area (Å²) in [5, 5.41) is 0. The molecule has 1 unspecified atom stereocenters. The van der Waals surface area contributed by atoms with Gasteiger partial charge in [0.05, 0.1) is 0 Å². The van der Waals surface area contributed by atoms with Crippen molar-refractivity contribution in [3.05, 3.63) is 0 Å². The number of unbranched alkanes of at least 4 members (excludes halogenated alkanes) is 34. The average Bonchev–Trinajstić information content (AvgIpc) is 3.28. The zero-order chi connectivity index (χ0) is 47.7. The summed E-state index contributed by atoms with van der Waals surface area (Å²) in [4.78, 5) is 38.1. The van der Waals surface area contributed by atoms with Crippen molar-refractivity contribution in [2.75, 3.05) is 13.2 Å². The Morgan fingerprint density at radius 2 is 0.538 bits per heavy atom. The average molecular weight is 920 g/mol. The predicted molar refractivity (Wildman–Crippen MR) is 279 cm³/mol. The molecule has 0 heterocycles. The topological polar surface area (TPSA) is 78.9 Å². The highest BCUT2D eigenvalue weighted by atomic mass is 16.6. The molecule has 386 valence electrons. The van der Waals surface area contributed by atoms with Gasteiger partial charge in [0.25, 0.3) is 0 Å². The normalized spacial score (nSPS) is 12.6. The summed E-state index contributed by atoms with van der Waals surface area (Å²) in [6.45, 7) is 13.8. The number of hydrogen-bond acceptors (Lipinski definition) is 6. The molecule has 0 bridgehead atoms. The van der Waals surface area contributed by atoms with E-state index in [1.54, 1.807) is 0 Å². The Labute approximate surface area is 406 Å². The van der Waals surface area contributed by atoms with Crippen LogP contribution < -0.4 is 0 Å². The summed E-state index contributed by atoms with van der Waals surface area (Å²) in [6.07, 6.45) is 52.4. The molecule has 65 heavy (non-hydrogen) atoms. The van der Waals surface area contributed by atoms with Crippen LogP contribution in [-0.4, -0.2) is 37.2 Å². The molecule has 0 amide bonds. The van der Waals surface area contributed by atoms with Gasteiger partial charge in [0.2, 0.25) is 0 Å². The van der Waals surface area contributed by atoms with Crippen molar-refractivity contribution < 1.29 is 28.6 Å². The Balaban J connectivity index is 4.24. The van der Waals surface area contributed by atoms with Crippen molar-refractivity contribution in [1.29, 1.82) is 0 Å². The molecule has 0 aromatic rings. The van der Waals surface area contributed by atoms with Gasteiger partial charge in [-0.2, -0.15) is 0 Å². The van der Waals surface area contributed by atoms with Crippen molar-refractivity contribution in [3.63, 3.8) is 0 Å². The van der Waals surface area contributed by atoms with Crippen molar-refractivity contribution in [2.24, 2.45) is 17.8 Å². The summed E-state index contributed by atoms with van der Waals surface area (Å²) in [5.74, 6) is 1.68. The summed E-state index contributed by atoms with van der Waals surface area (Å²) >= 11 is 0.